The summed E-state index contributed by atoms with van der Waals surface area (Å²) in [4.78, 5) is 4.58. The zero-order valence-corrected chi connectivity index (χ0v) is 15.8. The highest BCUT2D eigenvalue weighted by Gasteiger charge is 2.12. The third-order valence-corrected chi connectivity index (χ3v) is 4.82. The highest BCUT2D eigenvalue weighted by Crippen LogP contribution is 2.22. The molecule has 0 radical (unpaired) electrons. The molecule has 0 fully saturated rings. The summed E-state index contributed by atoms with van der Waals surface area (Å²) in [6.45, 7) is 3.99. The molecule has 134 valence electrons. The van der Waals surface area contributed by atoms with E-state index in [4.69, 9.17) is 11.6 Å². The van der Waals surface area contributed by atoms with Crippen LogP contribution in [0.15, 0.2) is 65.8 Å². The smallest absolute Gasteiger partial charge is 0.147 e. The summed E-state index contributed by atoms with van der Waals surface area (Å²) in [5, 5.41) is 10.6. The molecule has 1 N–H and O–H groups in total. The van der Waals surface area contributed by atoms with E-state index in [0.29, 0.717) is 16.7 Å². The lowest BCUT2D eigenvalue weighted by Crippen LogP contribution is -1.98. The first-order valence-corrected chi connectivity index (χ1v) is 8.97. The Hall–Kier alpha value is -3.18. The van der Waals surface area contributed by atoms with Gasteiger partial charge in [0.2, 0.25) is 0 Å². The maximum absolute atomic E-state index is 6.44. The van der Waals surface area contributed by atoms with E-state index in [1.807, 2.05) is 61.5 Å². The fourth-order valence-corrected chi connectivity index (χ4v) is 3.15. The fraction of sp³-hybridized carbons (Fsp3) is 0.0952. The summed E-state index contributed by atoms with van der Waals surface area (Å²) >= 11 is 6.44. The molecule has 0 saturated heterocycles. The molecule has 0 aliphatic carbocycles. The van der Waals surface area contributed by atoms with E-state index >= 15 is 0 Å². The third-order valence-electron chi connectivity index (χ3n) is 4.38. The van der Waals surface area contributed by atoms with Gasteiger partial charge in [-0.3, -0.25) is 5.43 Å². The second-order valence-electron chi connectivity index (χ2n) is 6.26. The molecule has 4 rings (SSSR count). The van der Waals surface area contributed by atoms with Gasteiger partial charge >= 0.3 is 0 Å². The van der Waals surface area contributed by atoms with Gasteiger partial charge in [-0.1, -0.05) is 48.0 Å². The molecule has 2 aromatic carbocycles. The van der Waals surface area contributed by atoms with Crippen LogP contribution in [0.3, 0.4) is 0 Å². The number of aryl methyl sites for hydroxylation is 1. The number of rotatable bonds is 4. The van der Waals surface area contributed by atoms with Gasteiger partial charge in [-0.15, -0.1) is 0 Å². The molecule has 6 heteroatoms. The van der Waals surface area contributed by atoms with Crippen molar-refractivity contribution in [1.82, 2.24) is 14.8 Å². The first-order valence-electron chi connectivity index (χ1n) is 8.59. The van der Waals surface area contributed by atoms with Crippen molar-refractivity contribution >= 4 is 34.5 Å². The highest BCUT2D eigenvalue weighted by atomic mass is 35.5. The number of hydrazone groups is 1. The van der Waals surface area contributed by atoms with Crippen LogP contribution in [0.2, 0.25) is 5.15 Å². The van der Waals surface area contributed by atoms with Gasteiger partial charge in [0.1, 0.15) is 16.7 Å². The minimum atomic E-state index is 0.572. The minimum Gasteiger partial charge on any atom is -0.261 e. The molecular weight excluding hydrogens is 358 g/mol. The van der Waals surface area contributed by atoms with Crippen LogP contribution in [0, 0.1) is 13.8 Å². The van der Waals surface area contributed by atoms with Gasteiger partial charge in [0.15, 0.2) is 0 Å². The molecule has 0 amide bonds. The monoisotopic (exact) mass is 375 g/mol. The van der Waals surface area contributed by atoms with Crippen molar-refractivity contribution in [2.45, 2.75) is 13.8 Å². The maximum Gasteiger partial charge on any atom is 0.147 e. The maximum atomic E-state index is 6.44. The molecule has 0 unspecified atom stereocenters. The number of pyridine rings is 1. The van der Waals surface area contributed by atoms with E-state index in [-0.39, 0.29) is 0 Å². The molecule has 4 aromatic rings. The van der Waals surface area contributed by atoms with Gasteiger partial charge in [-0.05, 0) is 43.7 Å². The van der Waals surface area contributed by atoms with Gasteiger partial charge in [0.25, 0.3) is 0 Å². The van der Waals surface area contributed by atoms with Crippen LogP contribution in [0.25, 0.3) is 16.6 Å². The number of nitrogens with zero attached hydrogens (tertiary/aromatic N) is 4. The Morgan fingerprint density at radius 3 is 2.59 bits per heavy atom. The quantitative estimate of drug-likeness (QED) is 0.397. The number of halogens is 1. The predicted octanol–water partition coefficient (Wildman–Crippen LogP) is 5.14. The van der Waals surface area contributed by atoms with E-state index in [9.17, 15) is 0 Å². The lowest BCUT2D eigenvalue weighted by molar-refractivity contribution is 0.877. The number of aromatic nitrogens is 3. The molecule has 27 heavy (non-hydrogen) atoms. The van der Waals surface area contributed by atoms with E-state index in [2.05, 4.69) is 33.6 Å². The Morgan fingerprint density at radius 1 is 1.04 bits per heavy atom. The first-order chi connectivity index (χ1) is 13.1. The third kappa shape index (κ3) is 3.41. The Labute approximate surface area is 162 Å². The second-order valence-corrected chi connectivity index (χ2v) is 6.62. The lowest BCUT2D eigenvalue weighted by Gasteiger charge is -2.05. The SMILES string of the molecule is Cc1c(/C=N\Nc2cc(C)c3ccccc3n2)nn(-c2ccccc2)c1Cl. The fourth-order valence-electron chi connectivity index (χ4n) is 2.92. The van der Waals surface area contributed by atoms with E-state index in [1.165, 1.54) is 0 Å². The molecule has 0 saturated carbocycles. The van der Waals surface area contributed by atoms with Crippen molar-refractivity contribution in [3.05, 3.63) is 82.6 Å². The summed E-state index contributed by atoms with van der Waals surface area (Å²) in [5.41, 5.74) is 7.54. The van der Waals surface area contributed by atoms with Crippen molar-refractivity contribution in [3.63, 3.8) is 0 Å². The standard InChI is InChI=1S/C21H18ClN5/c1-14-12-20(24-18-11-7-6-10-17(14)18)25-23-13-19-15(2)21(22)27(26-19)16-8-4-3-5-9-16/h3-13H,1-2H3,(H,24,25)/b23-13-. The number of hydrogen-bond donors (Lipinski definition) is 1. The molecule has 0 aliphatic heterocycles. The van der Waals surface area contributed by atoms with Crippen LogP contribution < -0.4 is 5.43 Å². The van der Waals surface area contributed by atoms with E-state index < -0.39 is 0 Å². The number of hydrogen-bond acceptors (Lipinski definition) is 4. The van der Waals surface area contributed by atoms with Crippen molar-refractivity contribution in [2.24, 2.45) is 5.10 Å². The summed E-state index contributed by atoms with van der Waals surface area (Å²) in [6.07, 6.45) is 1.66. The summed E-state index contributed by atoms with van der Waals surface area (Å²) in [6, 6.07) is 19.8. The number of nitrogens with one attached hydrogen (secondary N) is 1. The van der Waals surface area contributed by atoms with Gasteiger partial charge in [-0.25, -0.2) is 9.67 Å². The van der Waals surface area contributed by atoms with Gasteiger partial charge in [-0.2, -0.15) is 10.2 Å². The average Bonchev–Trinajstić information content (AvgIpc) is 2.97. The molecule has 2 aromatic heterocycles. The zero-order valence-electron chi connectivity index (χ0n) is 15.0. The van der Waals surface area contributed by atoms with Crippen molar-refractivity contribution in [2.75, 3.05) is 5.43 Å². The first kappa shape index (κ1) is 17.2. The molecule has 0 aliphatic rings. The van der Waals surface area contributed by atoms with Crippen LogP contribution in [-0.4, -0.2) is 21.0 Å². The highest BCUT2D eigenvalue weighted by molar-refractivity contribution is 6.31. The van der Waals surface area contributed by atoms with Crippen molar-refractivity contribution in [3.8, 4) is 5.69 Å². The molecule has 0 spiro atoms. The summed E-state index contributed by atoms with van der Waals surface area (Å²) in [5.74, 6) is 0.689. The second kappa shape index (κ2) is 7.21. The average molecular weight is 376 g/mol. The Balaban J connectivity index is 1.59. The molecule has 5 nitrogen and oxygen atoms in total. The molecule has 2 heterocycles. The number of fused-ring (bicyclic) bond motifs is 1. The van der Waals surface area contributed by atoms with Crippen molar-refractivity contribution in [1.29, 1.82) is 0 Å². The summed E-state index contributed by atoms with van der Waals surface area (Å²) < 4.78 is 1.71. The van der Waals surface area contributed by atoms with Crippen LogP contribution in [0.1, 0.15) is 16.8 Å². The summed E-state index contributed by atoms with van der Waals surface area (Å²) in [7, 11) is 0. The van der Waals surface area contributed by atoms with Gasteiger partial charge in [0, 0.05) is 10.9 Å². The molecule has 0 atom stereocenters. The zero-order chi connectivity index (χ0) is 18.8. The van der Waals surface area contributed by atoms with E-state index in [0.717, 1.165) is 27.7 Å². The Kier molecular flexibility index (Phi) is 4.60. The molecular formula is C21H18ClN5. The Morgan fingerprint density at radius 2 is 1.78 bits per heavy atom. The normalized spacial score (nSPS) is 11.4. The van der Waals surface area contributed by atoms with Crippen LogP contribution in [0.4, 0.5) is 5.82 Å². The van der Waals surface area contributed by atoms with Crippen LogP contribution in [-0.2, 0) is 0 Å². The minimum absolute atomic E-state index is 0.572. The topological polar surface area (TPSA) is 55.1 Å². The largest absolute Gasteiger partial charge is 0.261 e. The van der Waals surface area contributed by atoms with Gasteiger partial charge < -0.3 is 0 Å². The van der Waals surface area contributed by atoms with Crippen molar-refractivity contribution < 1.29 is 0 Å². The van der Waals surface area contributed by atoms with Crippen LogP contribution >= 0.6 is 11.6 Å². The van der Waals surface area contributed by atoms with Crippen LogP contribution in [0.5, 0.6) is 0 Å². The number of benzene rings is 2. The predicted molar refractivity (Wildman–Crippen MR) is 111 cm³/mol. The molecule has 0 bridgehead atoms. The number of anilines is 1. The van der Waals surface area contributed by atoms with Gasteiger partial charge in [0.05, 0.1) is 17.4 Å². The lowest BCUT2D eigenvalue weighted by atomic mass is 10.1. The van der Waals surface area contributed by atoms with E-state index in [1.54, 1.807) is 10.9 Å². The number of para-hydroxylation sites is 2. The Bertz CT molecular complexity index is 1130.